The van der Waals surface area contributed by atoms with E-state index < -0.39 is 6.04 Å². The molecule has 4 heteroatoms. The molecule has 82 valence electrons. The Balaban J connectivity index is 3.48. The maximum atomic E-state index is 11.2. The van der Waals surface area contributed by atoms with Crippen LogP contribution < -0.4 is 11.1 Å². The third-order valence-corrected chi connectivity index (χ3v) is 1.61. The molecule has 1 atom stereocenters. The van der Waals surface area contributed by atoms with Crippen molar-refractivity contribution in [2.24, 2.45) is 5.73 Å². The second kappa shape index (κ2) is 7.53. The number of ether oxygens (including phenoxy) is 1. The number of carbonyl (C=O) groups is 1. The van der Waals surface area contributed by atoms with E-state index in [1.54, 1.807) is 6.08 Å². The van der Waals surface area contributed by atoms with E-state index in [1.807, 2.05) is 13.8 Å². The Morgan fingerprint density at radius 3 is 2.79 bits per heavy atom. The molecule has 0 radical (unpaired) electrons. The predicted octanol–water partition coefficient (Wildman–Crippen LogP) is 0.431. The van der Waals surface area contributed by atoms with Gasteiger partial charge in [-0.15, -0.1) is 6.58 Å². The highest BCUT2D eigenvalue weighted by Crippen LogP contribution is 1.89. The second-order valence-corrected chi connectivity index (χ2v) is 3.34. The van der Waals surface area contributed by atoms with Gasteiger partial charge in [0, 0.05) is 6.54 Å². The average molecular weight is 200 g/mol. The van der Waals surface area contributed by atoms with Gasteiger partial charge in [0.25, 0.3) is 0 Å². The Morgan fingerprint density at radius 1 is 1.64 bits per heavy atom. The number of nitrogens with one attached hydrogen (secondary N) is 1. The molecule has 0 fully saturated rings. The van der Waals surface area contributed by atoms with Crippen molar-refractivity contribution in [3.05, 3.63) is 12.7 Å². The van der Waals surface area contributed by atoms with Gasteiger partial charge in [0.05, 0.1) is 18.8 Å². The van der Waals surface area contributed by atoms with Gasteiger partial charge in [0.2, 0.25) is 5.91 Å². The van der Waals surface area contributed by atoms with Crippen molar-refractivity contribution in [3.63, 3.8) is 0 Å². The maximum Gasteiger partial charge on any atom is 0.237 e. The van der Waals surface area contributed by atoms with Crippen LogP contribution in [0.15, 0.2) is 12.7 Å². The van der Waals surface area contributed by atoms with Crippen LogP contribution in [0.1, 0.15) is 20.3 Å². The smallest absolute Gasteiger partial charge is 0.237 e. The van der Waals surface area contributed by atoms with E-state index in [4.69, 9.17) is 10.5 Å². The zero-order valence-corrected chi connectivity index (χ0v) is 8.95. The molecule has 0 heterocycles. The van der Waals surface area contributed by atoms with E-state index in [1.165, 1.54) is 0 Å². The van der Waals surface area contributed by atoms with Crippen molar-refractivity contribution in [2.75, 3.05) is 13.2 Å². The van der Waals surface area contributed by atoms with Crippen molar-refractivity contribution in [1.29, 1.82) is 0 Å². The van der Waals surface area contributed by atoms with Gasteiger partial charge in [-0.25, -0.2) is 0 Å². The van der Waals surface area contributed by atoms with Crippen LogP contribution in [0.5, 0.6) is 0 Å². The largest absolute Gasteiger partial charge is 0.377 e. The van der Waals surface area contributed by atoms with Crippen LogP contribution in [-0.4, -0.2) is 31.2 Å². The molecule has 0 spiro atoms. The standard InChI is InChI=1S/C10H20N2O2/c1-4-5-9(11)10(13)12-6-7-14-8(2)3/h4,8-9H,1,5-7,11H2,2-3H3,(H,12,13). The third-order valence-electron chi connectivity index (χ3n) is 1.61. The van der Waals surface area contributed by atoms with E-state index in [0.717, 1.165) is 0 Å². The van der Waals surface area contributed by atoms with Gasteiger partial charge in [-0.2, -0.15) is 0 Å². The summed E-state index contributed by atoms with van der Waals surface area (Å²) in [6.45, 7) is 8.44. The van der Waals surface area contributed by atoms with Gasteiger partial charge >= 0.3 is 0 Å². The average Bonchev–Trinajstić information content (AvgIpc) is 2.12. The highest BCUT2D eigenvalue weighted by atomic mass is 16.5. The summed E-state index contributed by atoms with van der Waals surface area (Å²) in [5.74, 6) is -0.155. The van der Waals surface area contributed by atoms with E-state index in [2.05, 4.69) is 11.9 Å². The molecule has 1 unspecified atom stereocenters. The maximum absolute atomic E-state index is 11.2. The molecule has 4 nitrogen and oxygen atoms in total. The monoisotopic (exact) mass is 200 g/mol. The molecule has 0 aliphatic heterocycles. The molecule has 0 aromatic rings. The molecular formula is C10H20N2O2. The molecule has 0 bridgehead atoms. The van der Waals surface area contributed by atoms with Crippen molar-refractivity contribution < 1.29 is 9.53 Å². The van der Waals surface area contributed by atoms with Gasteiger partial charge in [-0.05, 0) is 20.3 Å². The first-order valence-electron chi connectivity index (χ1n) is 4.83. The molecule has 0 aliphatic rings. The van der Waals surface area contributed by atoms with Crippen molar-refractivity contribution >= 4 is 5.91 Å². The molecule has 0 aromatic carbocycles. The molecule has 0 aromatic heterocycles. The first-order valence-corrected chi connectivity index (χ1v) is 4.83. The summed E-state index contributed by atoms with van der Waals surface area (Å²) in [4.78, 5) is 11.2. The Labute approximate surface area is 85.5 Å². The van der Waals surface area contributed by atoms with Gasteiger partial charge in [-0.1, -0.05) is 6.08 Å². The molecular weight excluding hydrogens is 180 g/mol. The van der Waals surface area contributed by atoms with Gasteiger partial charge in [0.1, 0.15) is 0 Å². The molecule has 0 rings (SSSR count). The van der Waals surface area contributed by atoms with Crippen LogP contribution in [-0.2, 0) is 9.53 Å². The summed E-state index contributed by atoms with van der Waals surface area (Å²) in [5, 5.41) is 2.69. The van der Waals surface area contributed by atoms with E-state index in [9.17, 15) is 4.79 Å². The number of amides is 1. The summed E-state index contributed by atoms with van der Waals surface area (Å²) >= 11 is 0. The van der Waals surface area contributed by atoms with Crippen LogP contribution in [0.25, 0.3) is 0 Å². The summed E-state index contributed by atoms with van der Waals surface area (Å²) in [5.41, 5.74) is 5.55. The zero-order chi connectivity index (χ0) is 11.0. The van der Waals surface area contributed by atoms with Crippen molar-refractivity contribution in [2.45, 2.75) is 32.4 Å². The summed E-state index contributed by atoms with van der Waals surface area (Å²) in [7, 11) is 0. The van der Waals surface area contributed by atoms with Crippen molar-refractivity contribution in [3.8, 4) is 0 Å². The number of hydrogen-bond acceptors (Lipinski definition) is 3. The fraction of sp³-hybridized carbons (Fsp3) is 0.700. The lowest BCUT2D eigenvalue weighted by Gasteiger charge is -2.11. The lowest BCUT2D eigenvalue weighted by Crippen LogP contribution is -2.41. The number of hydrogen-bond donors (Lipinski definition) is 2. The Hall–Kier alpha value is -0.870. The minimum Gasteiger partial charge on any atom is -0.377 e. The second-order valence-electron chi connectivity index (χ2n) is 3.34. The topological polar surface area (TPSA) is 64.4 Å². The summed E-state index contributed by atoms with van der Waals surface area (Å²) < 4.78 is 5.26. The lowest BCUT2D eigenvalue weighted by atomic mass is 10.2. The highest BCUT2D eigenvalue weighted by Gasteiger charge is 2.09. The highest BCUT2D eigenvalue weighted by molar-refractivity contribution is 5.81. The van der Waals surface area contributed by atoms with Crippen LogP contribution in [0, 0.1) is 0 Å². The lowest BCUT2D eigenvalue weighted by molar-refractivity contribution is -0.122. The Morgan fingerprint density at radius 2 is 2.29 bits per heavy atom. The number of rotatable bonds is 7. The van der Waals surface area contributed by atoms with Crippen LogP contribution in [0.4, 0.5) is 0 Å². The molecule has 3 N–H and O–H groups in total. The van der Waals surface area contributed by atoms with Crippen LogP contribution in [0.3, 0.4) is 0 Å². The van der Waals surface area contributed by atoms with E-state index in [0.29, 0.717) is 19.6 Å². The molecule has 1 amide bonds. The summed E-state index contributed by atoms with van der Waals surface area (Å²) in [6.07, 6.45) is 2.32. The minimum absolute atomic E-state index is 0.155. The Kier molecular flexibility index (Phi) is 7.06. The van der Waals surface area contributed by atoms with Gasteiger partial charge in [0.15, 0.2) is 0 Å². The number of nitrogens with two attached hydrogens (primary N) is 1. The third kappa shape index (κ3) is 6.62. The molecule has 14 heavy (non-hydrogen) atoms. The van der Waals surface area contributed by atoms with Crippen LogP contribution in [0.2, 0.25) is 0 Å². The van der Waals surface area contributed by atoms with E-state index in [-0.39, 0.29) is 12.0 Å². The quantitative estimate of drug-likeness (QED) is 0.463. The first kappa shape index (κ1) is 13.1. The molecule has 0 saturated heterocycles. The molecule has 0 saturated carbocycles. The normalized spacial score (nSPS) is 12.6. The van der Waals surface area contributed by atoms with E-state index >= 15 is 0 Å². The Bertz CT molecular complexity index is 181. The fourth-order valence-corrected chi connectivity index (χ4v) is 0.887. The van der Waals surface area contributed by atoms with Gasteiger partial charge in [-0.3, -0.25) is 4.79 Å². The van der Waals surface area contributed by atoms with Crippen molar-refractivity contribution in [1.82, 2.24) is 5.32 Å². The minimum atomic E-state index is -0.494. The van der Waals surface area contributed by atoms with Crippen LogP contribution >= 0.6 is 0 Å². The first-order chi connectivity index (χ1) is 6.57. The fourth-order valence-electron chi connectivity index (χ4n) is 0.887. The zero-order valence-electron chi connectivity index (χ0n) is 8.95. The SMILES string of the molecule is C=CCC(N)C(=O)NCCOC(C)C. The predicted molar refractivity (Wildman–Crippen MR) is 56.9 cm³/mol. The molecule has 0 aliphatic carbocycles. The van der Waals surface area contributed by atoms with Gasteiger partial charge < -0.3 is 15.8 Å². The summed E-state index contributed by atoms with van der Waals surface area (Å²) in [6, 6.07) is -0.494. The number of carbonyl (C=O) groups excluding carboxylic acids is 1.